The van der Waals surface area contributed by atoms with E-state index < -0.39 is 0 Å². The minimum absolute atomic E-state index is 0.0261. The molecule has 1 aromatic carbocycles. The molecule has 2 heterocycles. The number of ether oxygens (including phenoxy) is 2. The molecule has 0 fully saturated rings. The molecule has 0 aliphatic carbocycles. The summed E-state index contributed by atoms with van der Waals surface area (Å²) in [6.45, 7) is 8.70. The van der Waals surface area contributed by atoms with E-state index in [0.717, 1.165) is 22.7 Å². The summed E-state index contributed by atoms with van der Waals surface area (Å²) in [6.07, 6.45) is 1.84. The lowest BCUT2D eigenvalue weighted by Gasteiger charge is -2.20. The number of nitrogens with one attached hydrogen (secondary N) is 1. The van der Waals surface area contributed by atoms with Crippen molar-refractivity contribution in [3.63, 3.8) is 0 Å². The number of aromatic nitrogens is 2. The third-order valence-electron chi connectivity index (χ3n) is 3.33. The normalized spacial score (nSPS) is 13.3. The van der Waals surface area contributed by atoms with Crippen molar-refractivity contribution in [1.82, 2.24) is 9.97 Å². The first-order chi connectivity index (χ1) is 9.95. The van der Waals surface area contributed by atoms with Crippen molar-refractivity contribution in [2.75, 3.05) is 12.1 Å². The van der Waals surface area contributed by atoms with Crippen LogP contribution in [-0.2, 0) is 5.41 Å². The van der Waals surface area contributed by atoms with Gasteiger partial charge in [0.1, 0.15) is 0 Å². The van der Waals surface area contributed by atoms with Crippen LogP contribution in [0, 0.1) is 6.92 Å². The third-order valence-corrected chi connectivity index (χ3v) is 3.33. The van der Waals surface area contributed by atoms with Gasteiger partial charge in [0, 0.05) is 11.6 Å². The highest BCUT2D eigenvalue weighted by molar-refractivity contribution is 5.68. The lowest BCUT2D eigenvalue weighted by molar-refractivity contribution is 0.174. The number of fused-ring (bicyclic) bond motifs is 1. The van der Waals surface area contributed by atoms with Gasteiger partial charge in [-0.3, -0.25) is 0 Å². The maximum absolute atomic E-state index is 5.48. The first-order valence-electron chi connectivity index (χ1n) is 6.95. The van der Waals surface area contributed by atoms with Crippen molar-refractivity contribution < 1.29 is 9.47 Å². The fourth-order valence-corrected chi connectivity index (χ4v) is 2.41. The minimum Gasteiger partial charge on any atom is -0.454 e. The number of rotatable bonds is 2. The Morgan fingerprint density at radius 2 is 2.00 bits per heavy atom. The number of benzene rings is 1. The Morgan fingerprint density at radius 1 is 1.19 bits per heavy atom. The third kappa shape index (κ3) is 2.63. The fraction of sp³-hybridized carbons (Fsp3) is 0.375. The standard InChI is InChI=1S/C16H19N3O2/c1-10-8-17-15(19-14(10)16(2,3)4)18-11-6-5-7-12-13(11)21-9-20-12/h5-8H,9H2,1-4H3,(H,17,18,19). The molecule has 2 aromatic rings. The molecule has 0 saturated carbocycles. The van der Waals surface area contributed by atoms with Crippen LogP contribution < -0.4 is 14.8 Å². The highest BCUT2D eigenvalue weighted by atomic mass is 16.7. The predicted molar refractivity (Wildman–Crippen MR) is 81.3 cm³/mol. The summed E-state index contributed by atoms with van der Waals surface area (Å²) in [5.74, 6) is 2.01. The summed E-state index contributed by atoms with van der Waals surface area (Å²) in [5, 5.41) is 3.22. The van der Waals surface area contributed by atoms with Crippen LogP contribution in [0.1, 0.15) is 32.0 Å². The lowest BCUT2D eigenvalue weighted by Crippen LogP contribution is -2.17. The maximum atomic E-state index is 5.48. The minimum atomic E-state index is -0.0261. The highest BCUT2D eigenvalue weighted by Gasteiger charge is 2.21. The Morgan fingerprint density at radius 3 is 2.76 bits per heavy atom. The van der Waals surface area contributed by atoms with Gasteiger partial charge in [-0.15, -0.1) is 0 Å². The Labute approximate surface area is 124 Å². The van der Waals surface area contributed by atoms with E-state index in [1.165, 1.54) is 0 Å². The molecule has 21 heavy (non-hydrogen) atoms. The van der Waals surface area contributed by atoms with Crippen molar-refractivity contribution in [1.29, 1.82) is 0 Å². The Kier molecular flexibility index (Phi) is 3.20. The summed E-state index contributed by atoms with van der Waals surface area (Å²) in [7, 11) is 0. The monoisotopic (exact) mass is 285 g/mol. The SMILES string of the molecule is Cc1cnc(Nc2cccc3c2OCO3)nc1C(C)(C)C. The topological polar surface area (TPSA) is 56.3 Å². The molecular formula is C16H19N3O2. The van der Waals surface area contributed by atoms with Crippen LogP contribution in [0.5, 0.6) is 11.5 Å². The molecule has 1 N–H and O–H groups in total. The molecule has 1 aliphatic heterocycles. The summed E-state index contributed by atoms with van der Waals surface area (Å²) in [6, 6.07) is 5.71. The maximum Gasteiger partial charge on any atom is 0.231 e. The summed E-state index contributed by atoms with van der Waals surface area (Å²) >= 11 is 0. The number of anilines is 2. The molecule has 1 aliphatic rings. The van der Waals surface area contributed by atoms with Gasteiger partial charge in [-0.05, 0) is 24.6 Å². The Balaban J connectivity index is 1.95. The van der Waals surface area contributed by atoms with Crippen LogP contribution >= 0.6 is 0 Å². The Hall–Kier alpha value is -2.30. The molecule has 3 rings (SSSR count). The summed E-state index contributed by atoms with van der Waals surface area (Å²) < 4.78 is 10.9. The van der Waals surface area contributed by atoms with Crippen molar-refractivity contribution >= 4 is 11.6 Å². The second-order valence-corrected chi connectivity index (χ2v) is 6.14. The number of para-hydroxylation sites is 1. The van der Waals surface area contributed by atoms with Gasteiger partial charge in [-0.25, -0.2) is 9.97 Å². The molecule has 0 bridgehead atoms. The molecule has 1 aromatic heterocycles. The van der Waals surface area contributed by atoms with Gasteiger partial charge in [0.15, 0.2) is 11.5 Å². The molecule has 5 heteroatoms. The second-order valence-electron chi connectivity index (χ2n) is 6.14. The number of hydrogen-bond donors (Lipinski definition) is 1. The van der Waals surface area contributed by atoms with E-state index >= 15 is 0 Å². The van der Waals surface area contributed by atoms with Gasteiger partial charge in [-0.2, -0.15) is 0 Å². The van der Waals surface area contributed by atoms with Crippen molar-refractivity contribution in [3.05, 3.63) is 35.7 Å². The van der Waals surface area contributed by atoms with E-state index in [-0.39, 0.29) is 12.2 Å². The second kappa shape index (κ2) is 4.91. The van der Waals surface area contributed by atoms with Crippen LogP contribution in [0.2, 0.25) is 0 Å². The summed E-state index contributed by atoms with van der Waals surface area (Å²) in [5.41, 5.74) is 2.91. The average molecular weight is 285 g/mol. The van der Waals surface area contributed by atoms with Crippen molar-refractivity contribution in [2.45, 2.75) is 33.1 Å². The lowest BCUT2D eigenvalue weighted by atomic mass is 9.89. The van der Waals surface area contributed by atoms with E-state index in [4.69, 9.17) is 9.47 Å². The van der Waals surface area contributed by atoms with Gasteiger partial charge in [0.2, 0.25) is 12.7 Å². The van der Waals surface area contributed by atoms with Gasteiger partial charge in [-0.1, -0.05) is 26.8 Å². The van der Waals surface area contributed by atoms with Gasteiger partial charge >= 0.3 is 0 Å². The van der Waals surface area contributed by atoms with Crippen LogP contribution in [0.3, 0.4) is 0 Å². The van der Waals surface area contributed by atoms with Gasteiger partial charge < -0.3 is 14.8 Å². The van der Waals surface area contributed by atoms with Crippen molar-refractivity contribution in [2.24, 2.45) is 0 Å². The van der Waals surface area contributed by atoms with Crippen LogP contribution in [-0.4, -0.2) is 16.8 Å². The molecule has 0 spiro atoms. The highest BCUT2D eigenvalue weighted by Crippen LogP contribution is 2.39. The molecule has 5 nitrogen and oxygen atoms in total. The molecule has 0 radical (unpaired) electrons. The number of aryl methyl sites for hydroxylation is 1. The summed E-state index contributed by atoms with van der Waals surface area (Å²) in [4.78, 5) is 9.00. The smallest absolute Gasteiger partial charge is 0.231 e. The molecule has 110 valence electrons. The van der Waals surface area contributed by atoms with E-state index in [9.17, 15) is 0 Å². The van der Waals surface area contributed by atoms with E-state index in [1.54, 1.807) is 0 Å². The zero-order chi connectivity index (χ0) is 15.0. The van der Waals surface area contributed by atoms with Crippen LogP contribution in [0.4, 0.5) is 11.6 Å². The Bertz CT molecular complexity index is 678. The van der Waals surface area contributed by atoms with E-state index in [2.05, 4.69) is 36.1 Å². The van der Waals surface area contributed by atoms with E-state index in [1.807, 2.05) is 31.3 Å². The largest absolute Gasteiger partial charge is 0.454 e. The zero-order valence-electron chi connectivity index (χ0n) is 12.7. The van der Waals surface area contributed by atoms with Gasteiger partial charge in [0.05, 0.1) is 11.4 Å². The van der Waals surface area contributed by atoms with E-state index in [0.29, 0.717) is 11.7 Å². The molecule has 0 saturated heterocycles. The molecule has 0 atom stereocenters. The van der Waals surface area contributed by atoms with Crippen LogP contribution in [0.25, 0.3) is 0 Å². The molecule has 0 amide bonds. The predicted octanol–water partition coefficient (Wildman–Crippen LogP) is 3.55. The number of hydrogen-bond acceptors (Lipinski definition) is 5. The average Bonchev–Trinajstić information content (AvgIpc) is 2.89. The molecule has 0 unspecified atom stereocenters. The van der Waals surface area contributed by atoms with Gasteiger partial charge in [0.25, 0.3) is 0 Å². The zero-order valence-corrected chi connectivity index (χ0v) is 12.7. The first-order valence-corrected chi connectivity index (χ1v) is 6.95. The van der Waals surface area contributed by atoms with Crippen molar-refractivity contribution in [3.8, 4) is 11.5 Å². The first kappa shape index (κ1) is 13.7. The quantitative estimate of drug-likeness (QED) is 0.914. The molecular weight excluding hydrogens is 266 g/mol. The van der Waals surface area contributed by atoms with Crippen LogP contribution in [0.15, 0.2) is 24.4 Å². The fourth-order valence-electron chi connectivity index (χ4n) is 2.41. The number of nitrogens with zero attached hydrogens (tertiary/aromatic N) is 2.